The zero-order valence-electron chi connectivity index (χ0n) is 9.54. The summed E-state index contributed by atoms with van der Waals surface area (Å²) >= 11 is 0. The molecule has 0 saturated carbocycles. The molecule has 0 aromatic carbocycles. The lowest BCUT2D eigenvalue weighted by Gasteiger charge is -2.11. The van der Waals surface area contributed by atoms with Crippen LogP contribution in [-0.2, 0) is 4.74 Å². The fraction of sp³-hybridized carbons (Fsp3) is 0.556. The predicted octanol–water partition coefficient (Wildman–Crippen LogP) is 0.228. The van der Waals surface area contributed by atoms with E-state index < -0.39 is 4.92 Å². The van der Waals surface area contributed by atoms with E-state index in [1.54, 1.807) is 0 Å². The second kappa shape index (κ2) is 5.56. The van der Waals surface area contributed by atoms with E-state index in [2.05, 4.69) is 15.4 Å². The van der Waals surface area contributed by atoms with Crippen molar-refractivity contribution in [2.45, 2.75) is 18.9 Å². The van der Waals surface area contributed by atoms with Crippen LogP contribution in [0.25, 0.3) is 0 Å². The van der Waals surface area contributed by atoms with Gasteiger partial charge in [-0.15, -0.1) is 0 Å². The van der Waals surface area contributed by atoms with Crippen LogP contribution in [0.5, 0.6) is 5.88 Å². The Hall–Kier alpha value is -2.00. The average Bonchev–Trinajstić information content (AvgIpc) is 2.88. The van der Waals surface area contributed by atoms with Gasteiger partial charge in [0.15, 0.2) is 0 Å². The first-order valence-electron chi connectivity index (χ1n) is 5.43. The molecule has 1 unspecified atom stereocenters. The lowest BCUT2D eigenvalue weighted by molar-refractivity contribution is -0.386. The van der Waals surface area contributed by atoms with Crippen LogP contribution in [-0.4, -0.2) is 34.2 Å². The summed E-state index contributed by atoms with van der Waals surface area (Å²) in [7, 11) is 0. The molecule has 1 fully saturated rings. The molecular weight excluding hydrogens is 242 g/mol. The summed E-state index contributed by atoms with van der Waals surface area (Å²) in [4.78, 5) is 17.6. The highest BCUT2D eigenvalue weighted by Gasteiger charge is 2.22. The summed E-state index contributed by atoms with van der Waals surface area (Å²) in [5.74, 6) is 5.08. The zero-order chi connectivity index (χ0) is 13.0. The van der Waals surface area contributed by atoms with E-state index in [1.165, 1.54) is 0 Å². The molecule has 1 aliphatic heterocycles. The van der Waals surface area contributed by atoms with Crippen LogP contribution in [0.1, 0.15) is 12.8 Å². The predicted molar refractivity (Wildman–Crippen MR) is 61.0 cm³/mol. The monoisotopic (exact) mass is 255 g/mol. The number of hydrogen-bond donors (Lipinski definition) is 2. The first-order valence-corrected chi connectivity index (χ1v) is 5.43. The zero-order valence-corrected chi connectivity index (χ0v) is 9.54. The van der Waals surface area contributed by atoms with Gasteiger partial charge in [-0.1, -0.05) is 0 Å². The minimum absolute atomic E-state index is 0.0474. The molecule has 0 spiro atoms. The summed E-state index contributed by atoms with van der Waals surface area (Å²) in [5.41, 5.74) is 1.91. The molecule has 1 aromatic rings. The van der Waals surface area contributed by atoms with Gasteiger partial charge in [-0.2, -0.15) is 4.98 Å². The molecule has 0 bridgehead atoms. The molecule has 98 valence electrons. The molecule has 0 amide bonds. The van der Waals surface area contributed by atoms with Gasteiger partial charge in [-0.25, -0.2) is 10.8 Å². The number of anilines is 1. The minimum atomic E-state index is -0.606. The van der Waals surface area contributed by atoms with Crippen molar-refractivity contribution in [3.05, 3.63) is 16.3 Å². The molecule has 18 heavy (non-hydrogen) atoms. The van der Waals surface area contributed by atoms with Crippen LogP contribution in [0.2, 0.25) is 0 Å². The molecule has 1 atom stereocenters. The van der Waals surface area contributed by atoms with Crippen LogP contribution in [0.15, 0.2) is 6.20 Å². The number of ether oxygens (including phenoxy) is 2. The third-order valence-corrected chi connectivity index (χ3v) is 2.49. The van der Waals surface area contributed by atoms with Crippen molar-refractivity contribution in [3.8, 4) is 5.88 Å². The number of hydrogen-bond acceptors (Lipinski definition) is 8. The van der Waals surface area contributed by atoms with E-state index in [4.69, 9.17) is 15.3 Å². The molecule has 3 N–H and O–H groups in total. The Bertz CT molecular complexity index is 435. The molecule has 9 nitrogen and oxygen atoms in total. The van der Waals surface area contributed by atoms with Crippen LogP contribution in [0.3, 0.4) is 0 Å². The van der Waals surface area contributed by atoms with Gasteiger partial charge in [0.05, 0.1) is 11.0 Å². The molecule has 1 saturated heterocycles. The van der Waals surface area contributed by atoms with Gasteiger partial charge in [-0.3, -0.25) is 15.5 Å². The lowest BCUT2D eigenvalue weighted by Crippen LogP contribution is -2.18. The van der Waals surface area contributed by atoms with Crippen molar-refractivity contribution in [2.24, 2.45) is 5.84 Å². The van der Waals surface area contributed by atoms with E-state index in [-0.39, 0.29) is 30.2 Å². The number of nitrogens with one attached hydrogen (secondary N) is 1. The van der Waals surface area contributed by atoms with Crippen LogP contribution in [0.4, 0.5) is 11.6 Å². The fourth-order valence-electron chi connectivity index (χ4n) is 1.61. The van der Waals surface area contributed by atoms with Gasteiger partial charge in [0, 0.05) is 6.61 Å². The van der Waals surface area contributed by atoms with Crippen LogP contribution < -0.4 is 16.0 Å². The summed E-state index contributed by atoms with van der Waals surface area (Å²) in [6, 6.07) is 0. The normalized spacial score (nSPS) is 18.6. The van der Waals surface area contributed by atoms with Crippen LogP contribution in [0, 0.1) is 10.1 Å². The Morgan fingerprint density at radius 2 is 2.56 bits per heavy atom. The Morgan fingerprint density at radius 3 is 3.17 bits per heavy atom. The molecule has 2 rings (SSSR count). The number of aromatic nitrogens is 2. The quantitative estimate of drug-likeness (QED) is 0.435. The molecule has 1 aromatic heterocycles. The summed E-state index contributed by atoms with van der Waals surface area (Å²) in [5, 5.41) is 10.8. The number of nitrogens with two attached hydrogens (primary N) is 1. The Kier molecular flexibility index (Phi) is 3.85. The van der Waals surface area contributed by atoms with Gasteiger partial charge in [0.1, 0.15) is 12.8 Å². The highest BCUT2D eigenvalue weighted by atomic mass is 16.6. The lowest BCUT2D eigenvalue weighted by atomic mass is 10.2. The maximum atomic E-state index is 10.8. The number of hydrazine groups is 1. The van der Waals surface area contributed by atoms with Gasteiger partial charge in [0.2, 0.25) is 5.95 Å². The number of rotatable bonds is 5. The van der Waals surface area contributed by atoms with Crippen molar-refractivity contribution < 1.29 is 14.4 Å². The first kappa shape index (κ1) is 12.5. The van der Waals surface area contributed by atoms with Crippen molar-refractivity contribution in [2.75, 3.05) is 18.6 Å². The molecule has 9 heteroatoms. The maximum absolute atomic E-state index is 10.8. The van der Waals surface area contributed by atoms with Crippen molar-refractivity contribution in [1.82, 2.24) is 9.97 Å². The minimum Gasteiger partial charge on any atom is -0.470 e. The number of nitrogen functional groups attached to an aromatic ring is 1. The fourth-order valence-corrected chi connectivity index (χ4v) is 1.61. The van der Waals surface area contributed by atoms with Crippen molar-refractivity contribution >= 4 is 11.6 Å². The number of nitro groups is 1. The smallest absolute Gasteiger partial charge is 0.349 e. The Balaban J connectivity index is 2.10. The summed E-state index contributed by atoms with van der Waals surface area (Å²) < 4.78 is 10.7. The summed E-state index contributed by atoms with van der Waals surface area (Å²) in [6.07, 6.45) is 2.84. The van der Waals surface area contributed by atoms with E-state index in [1.807, 2.05) is 0 Å². The first-order chi connectivity index (χ1) is 8.70. The van der Waals surface area contributed by atoms with Gasteiger partial charge in [-0.05, 0) is 12.8 Å². The molecule has 1 aliphatic rings. The van der Waals surface area contributed by atoms with Gasteiger partial charge >= 0.3 is 5.69 Å². The molecule has 2 heterocycles. The van der Waals surface area contributed by atoms with Crippen LogP contribution >= 0.6 is 0 Å². The Morgan fingerprint density at radius 1 is 1.72 bits per heavy atom. The summed E-state index contributed by atoms with van der Waals surface area (Å²) in [6.45, 7) is 0.914. The van der Waals surface area contributed by atoms with E-state index in [9.17, 15) is 10.1 Å². The van der Waals surface area contributed by atoms with E-state index in [0.717, 1.165) is 19.0 Å². The van der Waals surface area contributed by atoms with Crippen molar-refractivity contribution in [3.63, 3.8) is 0 Å². The number of nitrogens with zero attached hydrogens (tertiary/aromatic N) is 3. The standard InChI is InChI=1S/C9H13N5O4/c10-13-9-11-4-7(14(15)16)8(12-9)18-5-6-2-1-3-17-6/h4,6H,1-3,5,10H2,(H,11,12,13). The maximum Gasteiger partial charge on any atom is 0.349 e. The second-order valence-corrected chi connectivity index (χ2v) is 3.73. The largest absolute Gasteiger partial charge is 0.470 e. The van der Waals surface area contributed by atoms with Gasteiger partial charge in [0.25, 0.3) is 5.88 Å². The third-order valence-electron chi connectivity index (χ3n) is 2.49. The highest BCUT2D eigenvalue weighted by molar-refractivity contribution is 5.42. The SMILES string of the molecule is NNc1ncc([N+](=O)[O-])c(OCC2CCCO2)n1. The molecule has 0 aliphatic carbocycles. The second-order valence-electron chi connectivity index (χ2n) is 3.73. The highest BCUT2D eigenvalue weighted by Crippen LogP contribution is 2.25. The topological polar surface area (TPSA) is 125 Å². The van der Waals surface area contributed by atoms with Crippen molar-refractivity contribution in [1.29, 1.82) is 0 Å². The van der Waals surface area contributed by atoms with E-state index >= 15 is 0 Å². The molecular formula is C9H13N5O4. The Labute approximate surface area is 102 Å². The average molecular weight is 255 g/mol. The van der Waals surface area contributed by atoms with Gasteiger partial charge < -0.3 is 9.47 Å². The molecule has 0 radical (unpaired) electrons. The van der Waals surface area contributed by atoms with E-state index in [0.29, 0.717) is 6.61 Å². The third kappa shape index (κ3) is 2.81.